The number of nitrogens with zero attached hydrogens (tertiary/aromatic N) is 1. The van der Waals surface area contributed by atoms with Crippen LogP contribution < -0.4 is 10.1 Å². The number of carbonyl (C=O) groups excluding carboxylic acids is 1. The normalized spacial score (nSPS) is 20.1. The molecule has 0 saturated heterocycles. The van der Waals surface area contributed by atoms with Crippen LogP contribution in [0, 0.1) is 0 Å². The summed E-state index contributed by atoms with van der Waals surface area (Å²) < 4.78 is 5.89. The quantitative estimate of drug-likeness (QED) is 0.762. The zero-order chi connectivity index (χ0) is 18.7. The molecule has 0 radical (unpaired) electrons. The van der Waals surface area contributed by atoms with Crippen LogP contribution in [0.3, 0.4) is 0 Å². The highest BCUT2D eigenvalue weighted by Gasteiger charge is 2.45. The number of fused-ring (bicyclic) bond motifs is 1. The number of amides is 1. The van der Waals surface area contributed by atoms with Crippen molar-refractivity contribution in [3.05, 3.63) is 72.3 Å². The molecule has 2 unspecified atom stereocenters. The maximum Gasteiger partial charge on any atom is 0.258 e. The first-order chi connectivity index (χ1) is 12.5. The third-order valence-electron chi connectivity index (χ3n) is 5.04. The average molecular weight is 350 g/mol. The second-order valence-corrected chi connectivity index (χ2v) is 6.77. The van der Waals surface area contributed by atoms with Gasteiger partial charge in [0.1, 0.15) is 18.0 Å². The van der Waals surface area contributed by atoms with Crippen molar-refractivity contribution in [3.8, 4) is 5.75 Å². The van der Waals surface area contributed by atoms with Crippen molar-refractivity contribution in [1.29, 1.82) is 0 Å². The number of ether oxygens (including phenoxy) is 1. The minimum Gasteiger partial charge on any atom is -0.489 e. The van der Waals surface area contributed by atoms with E-state index in [0.717, 1.165) is 23.4 Å². The molecule has 1 N–H and O–H groups in total. The molecule has 26 heavy (non-hydrogen) atoms. The summed E-state index contributed by atoms with van der Waals surface area (Å²) in [6, 6.07) is 15.6. The van der Waals surface area contributed by atoms with Crippen LogP contribution in [0.25, 0.3) is 0 Å². The van der Waals surface area contributed by atoms with Gasteiger partial charge in [0, 0.05) is 17.3 Å². The summed E-state index contributed by atoms with van der Waals surface area (Å²) in [4.78, 5) is 15.3. The van der Waals surface area contributed by atoms with Crippen LogP contribution >= 0.6 is 0 Å². The lowest BCUT2D eigenvalue weighted by atomic mass is 9.91. The van der Waals surface area contributed by atoms with Gasteiger partial charge in [0.05, 0.1) is 5.56 Å². The molecule has 4 heteroatoms. The number of hydrogen-bond donors (Lipinski definition) is 1. The number of rotatable bonds is 6. The van der Waals surface area contributed by atoms with Crippen LogP contribution in [0.15, 0.2) is 61.2 Å². The zero-order valence-electron chi connectivity index (χ0n) is 15.7. The monoisotopic (exact) mass is 350 g/mol. The molecule has 2 aromatic rings. The Kier molecular flexibility index (Phi) is 5.03. The molecule has 1 amide bonds. The van der Waals surface area contributed by atoms with E-state index < -0.39 is 5.66 Å². The number of para-hydroxylation sites is 2. The highest BCUT2D eigenvalue weighted by atomic mass is 16.5. The molecule has 136 valence electrons. The molecule has 0 aliphatic carbocycles. The summed E-state index contributed by atoms with van der Waals surface area (Å²) >= 11 is 0. The summed E-state index contributed by atoms with van der Waals surface area (Å²) in [6.07, 6.45) is 2.58. The molecular formula is C22H26N2O2. The lowest BCUT2D eigenvalue weighted by molar-refractivity contribution is 0.0393. The standard InChI is InChI=1S/C22H26N2O2/c1-5-15-26-20-14-10-8-12-18(20)22(4)23-19-13-9-7-11-17(19)21(25)24(22)16(3)6-2/h5,7-14,16,23H,1,6,15H2,2-4H3. The van der Waals surface area contributed by atoms with Gasteiger partial charge in [-0.15, -0.1) is 0 Å². The smallest absolute Gasteiger partial charge is 0.258 e. The number of hydrogen-bond acceptors (Lipinski definition) is 3. The molecular weight excluding hydrogens is 324 g/mol. The van der Waals surface area contributed by atoms with Gasteiger partial charge in [-0.2, -0.15) is 0 Å². The van der Waals surface area contributed by atoms with Crippen LogP contribution in [-0.2, 0) is 5.66 Å². The molecule has 1 heterocycles. The van der Waals surface area contributed by atoms with E-state index in [1.54, 1.807) is 6.08 Å². The maximum atomic E-state index is 13.4. The number of anilines is 1. The summed E-state index contributed by atoms with van der Waals surface area (Å²) in [5.41, 5.74) is 1.77. The van der Waals surface area contributed by atoms with E-state index >= 15 is 0 Å². The van der Waals surface area contributed by atoms with Crippen LogP contribution in [0.2, 0.25) is 0 Å². The van der Waals surface area contributed by atoms with E-state index in [4.69, 9.17) is 4.74 Å². The minimum absolute atomic E-state index is 0.0368. The van der Waals surface area contributed by atoms with Gasteiger partial charge in [0.25, 0.3) is 5.91 Å². The van der Waals surface area contributed by atoms with Gasteiger partial charge in [0.15, 0.2) is 0 Å². The Labute approximate surface area is 155 Å². The van der Waals surface area contributed by atoms with E-state index in [1.807, 2.05) is 60.4 Å². The molecule has 1 aliphatic heterocycles. The third-order valence-corrected chi connectivity index (χ3v) is 5.04. The Morgan fingerprint density at radius 3 is 2.65 bits per heavy atom. The summed E-state index contributed by atoms with van der Waals surface area (Å²) in [6.45, 7) is 10.4. The van der Waals surface area contributed by atoms with E-state index in [-0.39, 0.29) is 11.9 Å². The predicted molar refractivity (Wildman–Crippen MR) is 105 cm³/mol. The zero-order valence-corrected chi connectivity index (χ0v) is 15.7. The third kappa shape index (κ3) is 2.96. The number of benzene rings is 2. The van der Waals surface area contributed by atoms with E-state index in [2.05, 4.69) is 25.7 Å². The fourth-order valence-electron chi connectivity index (χ4n) is 3.60. The molecule has 4 nitrogen and oxygen atoms in total. The second kappa shape index (κ2) is 7.24. The van der Waals surface area contributed by atoms with Crippen LogP contribution in [0.5, 0.6) is 5.75 Å². The predicted octanol–water partition coefficient (Wildman–Crippen LogP) is 4.79. The van der Waals surface area contributed by atoms with Crippen LogP contribution in [-0.4, -0.2) is 23.5 Å². The first-order valence-corrected chi connectivity index (χ1v) is 9.07. The number of carbonyl (C=O) groups is 1. The fraction of sp³-hybridized carbons (Fsp3) is 0.318. The molecule has 0 fully saturated rings. The number of nitrogens with one attached hydrogen (secondary N) is 1. The van der Waals surface area contributed by atoms with E-state index in [9.17, 15) is 4.79 Å². The van der Waals surface area contributed by atoms with Gasteiger partial charge in [-0.1, -0.05) is 49.9 Å². The Bertz CT molecular complexity index is 817. The highest BCUT2D eigenvalue weighted by Crippen LogP contribution is 2.42. The topological polar surface area (TPSA) is 41.6 Å². The first kappa shape index (κ1) is 18.1. The van der Waals surface area contributed by atoms with Crippen molar-refractivity contribution in [2.45, 2.75) is 38.9 Å². The Morgan fingerprint density at radius 1 is 1.23 bits per heavy atom. The van der Waals surface area contributed by atoms with Crippen molar-refractivity contribution < 1.29 is 9.53 Å². The largest absolute Gasteiger partial charge is 0.489 e. The van der Waals surface area contributed by atoms with Crippen LogP contribution in [0.1, 0.15) is 43.1 Å². The Balaban J connectivity index is 2.17. The average Bonchev–Trinajstić information content (AvgIpc) is 2.66. The molecule has 0 aromatic heterocycles. The van der Waals surface area contributed by atoms with E-state index in [0.29, 0.717) is 12.2 Å². The van der Waals surface area contributed by atoms with Gasteiger partial charge in [-0.05, 0) is 38.5 Å². The van der Waals surface area contributed by atoms with Crippen molar-refractivity contribution in [3.63, 3.8) is 0 Å². The summed E-state index contributed by atoms with van der Waals surface area (Å²) in [7, 11) is 0. The summed E-state index contributed by atoms with van der Waals surface area (Å²) in [5.74, 6) is 0.789. The van der Waals surface area contributed by atoms with E-state index in [1.165, 1.54) is 0 Å². The van der Waals surface area contributed by atoms with Crippen LogP contribution in [0.4, 0.5) is 5.69 Å². The molecule has 0 saturated carbocycles. The van der Waals surface area contributed by atoms with Gasteiger partial charge in [-0.3, -0.25) is 4.79 Å². The van der Waals surface area contributed by atoms with Crippen molar-refractivity contribution >= 4 is 11.6 Å². The maximum absolute atomic E-state index is 13.4. The highest BCUT2D eigenvalue weighted by molar-refractivity contribution is 6.02. The Hall–Kier alpha value is -2.75. The summed E-state index contributed by atoms with van der Waals surface area (Å²) in [5, 5.41) is 3.60. The molecule has 2 aromatic carbocycles. The SMILES string of the molecule is C=CCOc1ccccc1C1(C)Nc2ccccc2C(=O)N1C(C)CC. The van der Waals surface area contributed by atoms with Gasteiger partial charge in [0.2, 0.25) is 0 Å². The van der Waals surface area contributed by atoms with Gasteiger partial charge < -0.3 is 15.0 Å². The van der Waals surface area contributed by atoms with Gasteiger partial charge in [-0.25, -0.2) is 0 Å². The van der Waals surface area contributed by atoms with Gasteiger partial charge >= 0.3 is 0 Å². The van der Waals surface area contributed by atoms with Crippen molar-refractivity contribution in [2.75, 3.05) is 11.9 Å². The lowest BCUT2D eigenvalue weighted by Gasteiger charge is -2.49. The molecule has 2 atom stereocenters. The lowest BCUT2D eigenvalue weighted by Crippen LogP contribution is -2.59. The van der Waals surface area contributed by atoms with Crippen molar-refractivity contribution in [1.82, 2.24) is 4.90 Å². The van der Waals surface area contributed by atoms with Crippen molar-refractivity contribution in [2.24, 2.45) is 0 Å². The fourth-order valence-corrected chi connectivity index (χ4v) is 3.60. The molecule has 3 rings (SSSR count). The molecule has 1 aliphatic rings. The minimum atomic E-state index is -0.710. The second-order valence-electron chi connectivity index (χ2n) is 6.77. The molecule has 0 bridgehead atoms. The Morgan fingerprint density at radius 2 is 1.92 bits per heavy atom. The first-order valence-electron chi connectivity index (χ1n) is 9.07. The molecule has 0 spiro atoms.